The molecular weight excluding hydrogens is 833 g/mol. The fourth-order valence-corrected chi connectivity index (χ4v) is 10.2. The second kappa shape index (κ2) is 17.4. The van der Waals surface area contributed by atoms with Gasteiger partial charge in [0.1, 0.15) is 0 Å². The zero-order valence-electron chi connectivity index (χ0n) is 36.3. The van der Waals surface area contributed by atoms with Crippen molar-refractivity contribution in [3.05, 3.63) is 243 Å². The van der Waals surface area contributed by atoms with Gasteiger partial charge in [-0.3, -0.25) is 0 Å². The van der Waals surface area contributed by atoms with Crippen molar-refractivity contribution < 1.29 is 0 Å². The lowest BCUT2D eigenvalue weighted by atomic mass is 9.93. The van der Waals surface area contributed by atoms with Crippen molar-refractivity contribution in [2.75, 3.05) is 0 Å². The Morgan fingerprint density at radius 1 is 0.254 bits per heavy atom. The Balaban J connectivity index is 0.912. The van der Waals surface area contributed by atoms with E-state index in [0.717, 1.165) is 72.8 Å². The Labute approximate surface area is 393 Å². The highest BCUT2D eigenvalue weighted by molar-refractivity contribution is 7.26. The van der Waals surface area contributed by atoms with E-state index in [-0.39, 0.29) is 0 Å². The molecule has 12 rings (SSSR count). The zero-order valence-corrected chi connectivity index (χ0v) is 37.1. The maximum atomic E-state index is 5.16. The minimum absolute atomic E-state index is 0.697. The maximum Gasteiger partial charge on any atom is 0.160 e. The van der Waals surface area contributed by atoms with Gasteiger partial charge in [0.05, 0.1) is 22.8 Å². The molecule has 0 fully saturated rings. The smallest absolute Gasteiger partial charge is 0.160 e. The number of hydrogen-bond acceptors (Lipinski definition) is 5. The third-order valence-electron chi connectivity index (χ3n) is 12.4. The molecule has 3 heterocycles. The quantitative estimate of drug-likeness (QED) is 0.145. The van der Waals surface area contributed by atoms with E-state index in [1.807, 2.05) is 72.0 Å². The van der Waals surface area contributed by atoms with Crippen molar-refractivity contribution in [3.8, 4) is 101 Å². The number of fused-ring (bicyclic) bond motifs is 3. The Hall–Kier alpha value is -8.64. The molecule has 0 saturated heterocycles. The standard InChI is InChI=1S/C62H40N4S/c1-5-16-41(17-6-1)49-24-15-25-50(38-49)57-40-56(65-62(66-57)48-22-11-4-12-23-48)45-32-28-42(29-33-45)51-36-37-52(60-59(51)53-26-13-14-27-58(53)67-60)43-30-34-46(35-31-43)55-39-54(44-18-7-2-8-19-44)63-61(64-55)47-20-9-3-10-21-47/h1-40H. The minimum Gasteiger partial charge on any atom is -0.228 e. The minimum atomic E-state index is 0.697. The summed E-state index contributed by atoms with van der Waals surface area (Å²) in [6.07, 6.45) is 0. The van der Waals surface area contributed by atoms with Gasteiger partial charge >= 0.3 is 0 Å². The highest BCUT2D eigenvalue weighted by Gasteiger charge is 2.18. The highest BCUT2D eigenvalue weighted by atomic mass is 32.1. The molecule has 0 atom stereocenters. The van der Waals surface area contributed by atoms with E-state index >= 15 is 0 Å². The number of rotatable bonds is 9. The van der Waals surface area contributed by atoms with Crippen LogP contribution in [0.1, 0.15) is 0 Å². The van der Waals surface area contributed by atoms with Gasteiger partial charge in [-0.2, -0.15) is 0 Å². The first-order valence-corrected chi connectivity index (χ1v) is 23.3. The lowest BCUT2D eigenvalue weighted by molar-refractivity contribution is 1.18. The summed E-state index contributed by atoms with van der Waals surface area (Å²) in [5.41, 5.74) is 16.7. The molecule has 0 bridgehead atoms. The second-order valence-electron chi connectivity index (χ2n) is 16.6. The first kappa shape index (κ1) is 39.9. The molecule has 67 heavy (non-hydrogen) atoms. The Morgan fingerprint density at radius 3 is 1.19 bits per heavy atom. The van der Waals surface area contributed by atoms with Crippen molar-refractivity contribution in [2.24, 2.45) is 0 Å². The van der Waals surface area contributed by atoms with E-state index in [0.29, 0.717) is 11.6 Å². The molecule has 9 aromatic carbocycles. The van der Waals surface area contributed by atoms with E-state index in [1.165, 1.54) is 36.9 Å². The molecule has 3 aromatic heterocycles. The summed E-state index contributed by atoms with van der Waals surface area (Å²) in [7, 11) is 0. The number of benzene rings is 9. The van der Waals surface area contributed by atoms with Crippen LogP contribution in [-0.4, -0.2) is 19.9 Å². The fraction of sp³-hybridized carbons (Fsp3) is 0. The number of hydrogen-bond donors (Lipinski definition) is 0. The van der Waals surface area contributed by atoms with E-state index in [9.17, 15) is 0 Å². The maximum absolute atomic E-state index is 5.16. The van der Waals surface area contributed by atoms with Gasteiger partial charge < -0.3 is 0 Å². The number of thiophene rings is 1. The molecule has 5 heteroatoms. The Kier molecular flexibility index (Phi) is 10.4. The van der Waals surface area contributed by atoms with Crippen LogP contribution in [-0.2, 0) is 0 Å². The molecular formula is C62H40N4S. The monoisotopic (exact) mass is 872 g/mol. The molecule has 0 spiro atoms. The molecule has 12 aromatic rings. The summed E-state index contributed by atoms with van der Waals surface area (Å²) in [5.74, 6) is 1.41. The average Bonchev–Trinajstić information content (AvgIpc) is 3.81. The normalized spacial score (nSPS) is 11.3. The van der Waals surface area contributed by atoms with Gasteiger partial charge in [-0.15, -0.1) is 11.3 Å². The predicted molar refractivity (Wildman–Crippen MR) is 279 cm³/mol. The molecule has 0 aliphatic heterocycles. The predicted octanol–water partition coefficient (Wildman–Crippen LogP) is 16.6. The fourth-order valence-electron chi connectivity index (χ4n) is 8.95. The van der Waals surface area contributed by atoms with Crippen molar-refractivity contribution >= 4 is 31.5 Å². The van der Waals surface area contributed by atoms with E-state index in [4.69, 9.17) is 19.9 Å². The first-order valence-electron chi connectivity index (χ1n) is 22.4. The topological polar surface area (TPSA) is 51.6 Å². The lowest BCUT2D eigenvalue weighted by Gasteiger charge is -2.13. The summed E-state index contributed by atoms with van der Waals surface area (Å²) in [4.78, 5) is 20.4. The van der Waals surface area contributed by atoms with Gasteiger partial charge in [-0.05, 0) is 57.6 Å². The molecule has 0 N–H and O–H groups in total. The number of nitrogens with zero attached hydrogens (tertiary/aromatic N) is 4. The van der Waals surface area contributed by atoms with Crippen LogP contribution in [0.5, 0.6) is 0 Å². The van der Waals surface area contributed by atoms with Crippen LogP contribution in [0.25, 0.3) is 121 Å². The van der Waals surface area contributed by atoms with E-state index < -0.39 is 0 Å². The highest BCUT2D eigenvalue weighted by Crippen LogP contribution is 2.45. The molecule has 0 amide bonds. The molecule has 0 aliphatic carbocycles. The molecule has 0 radical (unpaired) electrons. The van der Waals surface area contributed by atoms with Crippen molar-refractivity contribution in [3.63, 3.8) is 0 Å². The molecule has 0 unspecified atom stereocenters. The third kappa shape index (κ3) is 7.88. The molecule has 4 nitrogen and oxygen atoms in total. The van der Waals surface area contributed by atoms with Gasteiger partial charge in [-0.25, -0.2) is 19.9 Å². The summed E-state index contributed by atoms with van der Waals surface area (Å²) in [6, 6.07) is 85.1. The molecule has 314 valence electrons. The lowest BCUT2D eigenvalue weighted by Crippen LogP contribution is -1.96. The summed E-state index contributed by atoms with van der Waals surface area (Å²) in [5, 5.41) is 2.52. The Morgan fingerprint density at radius 2 is 0.642 bits per heavy atom. The van der Waals surface area contributed by atoms with Crippen LogP contribution in [0, 0.1) is 0 Å². The van der Waals surface area contributed by atoms with Crippen LogP contribution in [0.4, 0.5) is 0 Å². The van der Waals surface area contributed by atoms with Gasteiger partial charge in [0.25, 0.3) is 0 Å². The largest absolute Gasteiger partial charge is 0.228 e. The Bertz CT molecular complexity index is 3640. The zero-order chi connectivity index (χ0) is 44.5. The first-order chi connectivity index (χ1) is 33.2. The van der Waals surface area contributed by atoms with Gasteiger partial charge in [0.2, 0.25) is 0 Å². The third-order valence-corrected chi connectivity index (χ3v) is 13.6. The van der Waals surface area contributed by atoms with Gasteiger partial charge in [0, 0.05) is 53.6 Å². The van der Waals surface area contributed by atoms with Crippen LogP contribution in [0.3, 0.4) is 0 Å². The van der Waals surface area contributed by atoms with Crippen molar-refractivity contribution in [2.45, 2.75) is 0 Å². The summed E-state index contributed by atoms with van der Waals surface area (Å²) < 4.78 is 2.53. The van der Waals surface area contributed by atoms with Gasteiger partial charge in [0.15, 0.2) is 11.6 Å². The van der Waals surface area contributed by atoms with Crippen LogP contribution >= 0.6 is 11.3 Å². The van der Waals surface area contributed by atoms with Crippen molar-refractivity contribution in [1.82, 2.24) is 19.9 Å². The van der Waals surface area contributed by atoms with Crippen LogP contribution in [0.2, 0.25) is 0 Å². The van der Waals surface area contributed by atoms with Crippen molar-refractivity contribution in [1.29, 1.82) is 0 Å². The second-order valence-corrected chi connectivity index (χ2v) is 17.6. The van der Waals surface area contributed by atoms with E-state index in [2.05, 4.69) is 182 Å². The summed E-state index contributed by atoms with van der Waals surface area (Å²) >= 11 is 1.85. The number of aromatic nitrogens is 4. The van der Waals surface area contributed by atoms with E-state index in [1.54, 1.807) is 0 Å². The SMILES string of the molecule is c1ccc(-c2cccc(-c3cc(-c4ccc(-c5ccc(-c6ccc(-c7cc(-c8ccccc8)nc(-c8ccccc8)n7)cc6)c6sc7ccccc7c56)cc4)nc(-c4ccccc4)n3)c2)cc1. The van der Waals surface area contributed by atoms with Gasteiger partial charge in [-0.1, -0.05) is 218 Å². The summed E-state index contributed by atoms with van der Waals surface area (Å²) in [6.45, 7) is 0. The molecule has 0 aliphatic rings. The van der Waals surface area contributed by atoms with Crippen LogP contribution < -0.4 is 0 Å². The van der Waals surface area contributed by atoms with Crippen LogP contribution in [0.15, 0.2) is 243 Å². The average molecular weight is 873 g/mol. The molecule has 0 saturated carbocycles.